The van der Waals surface area contributed by atoms with E-state index >= 15 is 0 Å². The number of ether oxygens (including phenoxy) is 2. The molecule has 2 aliphatic rings. The fraction of sp³-hybridized carbons (Fsp3) is 0.206. The predicted octanol–water partition coefficient (Wildman–Crippen LogP) is 6.09. The van der Waals surface area contributed by atoms with E-state index in [1.54, 1.807) is 12.1 Å². The van der Waals surface area contributed by atoms with E-state index in [9.17, 15) is 14.4 Å². The summed E-state index contributed by atoms with van der Waals surface area (Å²) in [6.45, 7) is 1.21. The number of hydrogen-bond acceptors (Lipinski definition) is 6. The van der Waals surface area contributed by atoms with Gasteiger partial charge in [-0.3, -0.25) is 4.79 Å². The Morgan fingerprint density at radius 3 is 1.58 bits per heavy atom. The lowest BCUT2D eigenvalue weighted by molar-refractivity contribution is -0.0199. The molecular weight excluding hydrogens is 544 g/mol. The lowest BCUT2D eigenvalue weighted by Gasteiger charge is -2.32. The van der Waals surface area contributed by atoms with Gasteiger partial charge in [0.05, 0.1) is 12.1 Å². The summed E-state index contributed by atoms with van der Waals surface area (Å²) in [6.07, 6.45) is -0.564. The molecule has 1 N–H and O–H groups in total. The maximum atomic E-state index is 13.5. The molecule has 9 heteroatoms. The largest absolute Gasteiger partial charge is 0.443 e. The number of amides is 3. The third-order valence-corrected chi connectivity index (χ3v) is 7.64. The van der Waals surface area contributed by atoms with Crippen molar-refractivity contribution in [1.29, 1.82) is 0 Å². The number of nitrogens with zero attached hydrogens (tertiary/aromatic N) is 3. The average Bonchev–Trinajstić information content (AvgIpc) is 3.33. The highest BCUT2D eigenvalue weighted by molar-refractivity contribution is 6.04. The van der Waals surface area contributed by atoms with Gasteiger partial charge in [-0.2, -0.15) is 0 Å². The monoisotopic (exact) mass is 576 g/mol. The molecule has 2 atom stereocenters. The quantitative estimate of drug-likeness (QED) is 0.286. The van der Waals surface area contributed by atoms with Crippen molar-refractivity contribution in [2.75, 3.05) is 23.3 Å². The van der Waals surface area contributed by atoms with E-state index in [1.807, 2.05) is 103 Å². The SMILES string of the molecule is O=C(Nc1ccc(N2CC3CC(C2)N(C(=O)OCc2ccccc2)N3C(=O)OCc2ccccc2)cc1)c1ccccc1. The minimum absolute atomic E-state index is 0.0976. The number of nitrogens with one attached hydrogen (secondary N) is 1. The molecular formula is C34H32N4O5. The van der Waals surface area contributed by atoms with E-state index in [0.29, 0.717) is 30.8 Å². The van der Waals surface area contributed by atoms with Crippen LogP contribution >= 0.6 is 0 Å². The third-order valence-electron chi connectivity index (χ3n) is 7.64. The minimum Gasteiger partial charge on any atom is -0.443 e. The molecule has 0 saturated carbocycles. The van der Waals surface area contributed by atoms with E-state index in [0.717, 1.165) is 16.8 Å². The Labute approximate surface area is 250 Å². The summed E-state index contributed by atoms with van der Waals surface area (Å²) in [7, 11) is 0. The number of benzene rings is 4. The van der Waals surface area contributed by atoms with Crippen molar-refractivity contribution in [3.8, 4) is 0 Å². The van der Waals surface area contributed by atoms with E-state index < -0.39 is 12.2 Å². The molecule has 4 aromatic carbocycles. The summed E-state index contributed by atoms with van der Waals surface area (Å²) in [5.41, 5.74) is 3.89. The molecule has 2 unspecified atom stereocenters. The number of carbonyl (C=O) groups excluding carboxylic acids is 3. The first-order valence-electron chi connectivity index (χ1n) is 14.3. The highest BCUT2D eigenvalue weighted by Crippen LogP contribution is 2.35. The van der Waals surface area contributed by atoms with Crippen LogP contribution in [0.3, 0.4) is 0 Å². The maximum Gasteiger partial charge on any atom is 0.429 e. The Morgan fingerprint density at radius 2 is 1.09 bits per heavy atom. The van der Waals surface area contributed by atoms with Crippen LogP contribution in [0, 0.1) is 0 Å². The first-order valence-corrected chi connectivity index (χ1v) is 14.3. The van der Waals surface area contributed by atoms with Gasteiger partial charge in [0, 0.05) is 30.0 Å². The fourth-order valence-electron chi connectivity index (χ4n) is 5.56. The Kier molecular flexibility index (Phi) is 8.21. The van der Waals surface area contributed by atoms with Crippen LogP contribution in [-0.2, 0) is 22.7 Å². The van der Waals surface area contributed by atoms with E-state index in [2.05, 4.69) is 10.2 Å². The van der Waals surface area contributed by atoms with Gasteiger partial charge in [-0.25, -0.2) is 19.6 Å². The van der Waals surface area contributed by atoms with Gasteiger partial charge in [0.2, 0.25) is 0 Å². The molecule has 4 aromatic rings. The molecule has 0 aromatic heterocycles. The van der Waals surface area contributed by atoms with Gasteiger partial charge in [0.1, 0.15) is 13.2 Å². The second kappa shape index (κ2) is 12.7. The number of rotatable bonds is 7. The molecule has 9 nitrogen and oxygen atoms in total. The topological polar surface area (TPSA) is 91.4 Å². The zero-order valence-electron chi connectivity index (χ0n) is 23.5. The molecule has 2 bridgehead atoms. The molecule has 0 aliphatic carbocycles. The zero-order chi connectivity index (χ0) is 29.6. The number of hydrazine groups is 1. The standard InChI is InChI=1S/C34H32N4O5/c39-32(27-14-8-3-9-15-27)35-28-16-18-29(19-17-28)36-21-30-20-31(22-36)38(34(41)43-24-26-12-6-2-7-13-26)37(30)33(40)42-23-25-10-4-1-5-11-25/h1-19,30-31H,20-24H2,(H,35,39). The van der Waals surface area contributed by atoms with E-state index in [1.165, 1.54) is 10.0 Å². The summed E-state index contributed by atoms with van der Waals surface area (Å²) >= 11 is 0. The van der Waals surface area contributed by atoms with Crippen molar-refractivity contribution >= 4 is 29.5 Å². The Bertz CT molecular complexity index is 1480. The number of carbonyl (C=O) groups is 3. The van der Waals surface area contributed by atoms with Gasteiger partial charge < -0.3 is 19.7 Å². The number of hydrogen-bond donors (Lipinski definition) is 1. The zero-order valence-corrected chi connectivity index (χ0v) is 23.5. The molecule has 0 spiro atoms. The van der Waals surface area contributed by atoms with Crippen LogP contribution in [0.2, 0.25) is 0 Å². The third kappa shape index (κ3) is 6.46. The van der Waals surface area contributed by atoms with E-state index in [-0.39, 0.29) is 31.2 Å². The number of piperidine rings is 1. The maximum absolute atomic E-state index is 13.5. The summed E-state index contributed by atoms with van der Waals surface area (Å²) in [4.78, 5) is 41.6. The van der Waals surface area contributed by atoms with Crippen LogP contribution in [0.25, 0.3) is 0 Å². The first-order chi connectivity index (χ1) is 21.0. The summed E-state index contributed by atoms with van der Waals surface area (Å²) < 4.78 is 11.3. The van der Waals surface area contributed by atoms with Gasteiger partial charge in [0.25, 0.3) is 5.91 Å². The molecule has 3 amide bonds. The lowest BCUT2D eigenvalue weighted by atomic mass is 10.0. The van der Waals surface area contributed by atoms with Crippen molar-refractivity contribution in [1.82, 2.24) is 10.0 Å². The summed E-state index contributed by atoms with van der Waals surface area (Å²) in [5.74, 6) is -0.182. The van der Waals surface area contributed by atoms with Gasteiger partial charge in [0.15, 0.2) is 0 Å². The van der Waals surface area contributed by atoms with Crippen molar-refractivity contribution in [2.45, 2.75) is 31.7 Å². The Hall–Kier alpha value is -5.31. The molecule has 2 aliphatic heterocycles. The predicted molar refractivity (Wildman–Crippen MR) is 162 cm³/mol. The second-order valence-electron chi connectivity index (χ2n) is 10.6. The second-order valence-corrected chi connectivity index (χ2v) is 10.6. The number of anilines is 2. The fourth-order valence-corrected chi connectivity index (χ4v) is 5.56. The average molecular weight is 577 g/mol. The van der Waals surface area contributed by atoms with E-state index in [4.69, 9.17) is 9.47 Å². The molecule has 2 saturated heterocycles. The summed E-state index contributed by atoms with van der Waals surface area (Å²) in [5, 5.41) is 5.77. The minimum atomic E-state index is -0.589. The molecule has 2 heterocycles. The molecule has 43 heavy (non-hydrogen) atoms. The van der Waals surface area contributed by atoms with Crippen molar-refractivity contribution < 1.29 is 23.9 Å². The van der Waals surface area contributed by atoms with Crippen LogP contribution in [0.1, 0.15) is 27.9 Å². The number of fused-ring (bicyclic) bond motifs is 2. The molecule has 218 valence electrons. The first kappa shape index (κ1) is 27.8. The summed E-state index contributed by atoms with van der Waals surface area (Å²) in [6, 6.07) is 34.9. The van der Waals surface area contributed by atoms with Gasteiger partial charge in [-0.15, -0.1) is 0 Å². The molecule has 2 fully saturated rings. The van der Waals surface area contributed by atoms with Crippen molar-refractivity contribution in [3.05, 3.63) is 132 Å². The van der Waals surface area contributed by atoms with Gasteiger partial charge in [-0.1, -0.05) is 78.9 Å². The molecule has 0 radical (unpaired) electrons. The van der Waals surface area contributed by atoms with Crippen LogP contribution < -0.4 is 10.2 Å². The van der Waals surface area contributed by atoms with Gasteiger partial charge >= 0.3 is 12.2 Å². The van der Waals surface area contributed by atoms with Crippen molar-refractivity contribution in [2.24, 2.45) is 0 Å². The van der Waals surface area contributed by atoms with Gasteiger partial charge in [-0.05, 0) is 53.9 Å². The normalized spacial score (nSPS) is 17.3. The molecule has 6 rings (SSSR count). The van der Waals surface area contributed by atoms with Crippen LogP contribution in [0.15, 0.2) is 115 Å². The highest BCUT2D eigenvalue weighted by Gasteiger charge is 2.50. The Morgan fingerprint density at radius 1 is 0.628 bits per heavy atom. The smallest absolute Gasteiger partial charge is 0.429 e. The highest BCUT2D eigenvalue weighted by atomic mass is 16.6. The van der Waals surface area contributed by atoms with Crippen LogP contribution in [-0.4, -0.2) is 53.3 Å². The van der Waals surface area contributed by atoms with Crippen molar-refractivity contribution in [3.63, 3.8) is 0 Å². The lowest BCUT2D eigenvalue weighted by Crippen LogP contribution is -2.50. The Balaban J connectivity index is 1.17. The van der Waals surface area contributed by atoms with Crippen LogP contribution in [0.4, 0.5) is 21.0 Å². The van der Waals surface area contributed by atoms with Crippen LogP contribution in [0.5, 0.6) is 0 Å².